The van der Waals surface area contributed by atoms with Gasteiger partial charge >= 0.3 is 0 Å². The van der Waals surface area contributed by atoms with Crippen LogP contribution in [0.5, 0.6) is 0 Å². The number of anilines is 1. The summed E-state index contributed by atoms with van der Waals surface area (Å²) >= 11 is 1.60. The van der Waals surface area contributed by atoms with E-state index < -0.39 is 0 Å². The average Bonchev–Trinajstić information content (AvgIpc) is 2.68. The molecule has 17 heavy (non-hydrogen) atoms. The fraction of sp³-hybridized carbons (Fsp3) is 0.583. The highest BCUT2D eigenvalue weighted by Gasteiger charge is 2.12. The van der Waals surface area contributed by atoms with E-state index in [-0.39, 0.29) is 11.9 Å². The Morgan fingerprint density at radius 2 is 2.18 bits per heavy atom. The van der Waals surface area contributed by atoms with Gasteiger partial charge in [-0.05, 0) is 24.3 Å². The molecule has 0 bridgehead atoms. The van der Waals surface area contributed by atoms with Crippen LogP contribution in [0.25, 0.3) is 0 Å². The monoisotopic (exact) mass is 255 g/mol. The molecule has 5 heteroatoms. The molecule has 0 fully saturated rings. The van der Waals surface area contributed by atoms with Gasteiger partial charge in [0.05, 0.1) is 6.04 Å². The quantitative estimate of drug-likeness (QED) is 0.723. The fourth-order valence-corrected chi connectivity index (χ4v) is 2.04. The van der Waals surface area contributed by atoms with Crippen LogP contribution in [0.15, 0.2) is 11.4 Å². The largest absolute Gasteiger partial charge is 0.398 e. The topological polar surface area (TPSA) is 67.2 Å². The molecular weight excluding hydrogens is 234 g/mol. The summed E-state index contributed by atoms with van der Waals surface area (Å²) in [4.78, 5) is 12.8. The molecule has 0 saturated carbocycles. The number of nitrogens with one attached hydrogen (secondary N) is 2. The van der Waals surface area contributed by atoms with Gasteiger partial charge in [0, 0.05) is 23.7 Å². The Morgan fingerprint density at radius 1 is 1.47 bits per heavy atom. The Morgan fingerprint density at radius 3 is 2.71 bits per heavy atom. The number of hydrogen-bond donors (Lipinski definition) is 3. The van der Waals surface area contributed by atoms with Crippen LogP contribution in [-0.4, -0.2) is 18.5 Å². The third kappa shape index (κ3) is 4.75. The van der Waals surface area contributed by atoms with Crippen molar-refractivity contribution in [2.45, 2.75) is 33.4 Å². The van der Waals surface area contributed by atoms with Crippen LogP contribution in [-0.2, 0) is 11.3 Å². The number of nitrogens with two attached hydrogens (primary N) is 1. The predicted octanol–water partition coefficient (Wildman–Crippen LogP) is 1.58. The van der Waals surface area contributed by atoms with Gasteiger partial charge in [0.2, 0.25) is 5.91 Å². The molecule has 1 amide bonds. The molecule has 0 aliphatic rings. The molecule has 0 radical (unpaired) electrons. The molecule has 1 aromatic heterocycles. The maximum atomic E-state index is 11.7. The normalized spacial score (nSPS) is 12.7. The summed E-state index contributed by atoms with van der Waals surface area (Å²) in [6.07, 6.45) is 0. The molecule has 1 unspecified atom stereocenters. The maximum absolute atomic E-state index is 11.7. The van der Waals surface area contributed by atoms with E-state index in [1.165, 1.54) is 0 Å². The molecule has 1 rings (SSSR count). The first-order valence-corrected chi connectivity index (χ1v) is 6.71. The summed E-state index contributed by atoms with van der Waals surface area (Å²) in [5.41, 5.74) is 6.56. The highest BCUT2D eigenvalue weighted by atomic mass is 32.1. The fourth-order valence-electron chi connectivity index (χ4n) is 1.29. The Hall–Kier alpha value is -1.07. The Kier molecular flexibility index (Phi) is 5.44. The van der Waals surface area contributed by atoms with Crippen LogP contribution >= 0.6 is 11.3 Å². The summed E-state index contributed by atoms with van der Waals surface area (Å²) in [5, 5.41) is 8.02. The minimum Gasteiger partial charge on any atom is -0.398 e. The van der Waals surface area contributed by atoms with Gasteiger partial charge in [-0.2, -0.15) is 0 Å². The third-order valence-corrected chi connectivity index (χ3v) is 3.36. The molecule has 0 aliphatic carbocycles. The van der Waals surface area contributed by atoms with Crippen LogP contribution < -0.4 is 16.4 Å². The van der Waals surface area contributed by atoms with Gasteiger partial charge < -0.3 is 16.4 Å². The zero-order valence-electron chi connectivity index (χ0n) is 10.6. The van der Waals surface area contributed by atoms with Gasteiger partial charge in [0.1, 0.15) is 0 Å². The van der Waals surface area contributed by atoms with Crippen molar-refractivity contribution in [1.82, 2.24) is 10.6 Å². The molecule has 1 heterocycles. The first-order valence-electron chi connectivity index (χ1n) is 5.83. The molecule has 1 aromatic rings. The van der Waals surface area contributed by atoms with Gasteiger partial charge in [0.15, 0.2) is 0 Å². The van der Waals surface area contributed by atoms with Crippen LogP contribution in [0.1, 0.15) is 25.6 Å². The number of rotatable bonds is 6. The molecule has 0 spiro atoms. The average molecular weight is 255 g/mol. The van der Waals surface area contributed by atoms with E-state index >= 15 is 0 Å². The molecule has 1 atom stereocenters. The van der Waals surface area contributed by atoms with Crippen molar-refractivity contribution < 1.29 is 4.79 Å². The van der Waals surface area contributed by atoms with E-state index in [1.54, 1.807) is 11.3 Å². The minimum atomic E-state index is -0.199. The molecule has 0 saturated heterocycles. The van der Waals surface area contributed by atoms with Gasteiger partial charge in [-0.15, -0.1) is 11.3 Å². The standard InChI is InChI=1S/C12H21N3OS/c1-8(2)6-15-12(16)9(3)14-7-11-10(13)4-5-17-11/h4-5,8-9,14H,6-7,13H2,1-3H3,(H,15,16). The van der Waals surface area contributed by atoms with E-state index in [9.17, 15) is 4.79 Å². The van der Waals surface area contributed by atoms with Crippen molar-refractivity contribution in [3.05, 3.63) is 16.3 Å². The van der Waals surface area contributed by atoms with Crippen molar-refractivity contribution in [3.8, 4) is 0 Å². The van der Waals surface area contributed by atoms with Crippen LogP contribution in [0.4, 0.5) is 5.69 Å². The number of amides is 1. The van der Waals surface area contributed by atoms with E-state index in [2.05, 4.69) is 24.5 Å². The zero-order chi connectivity index (χ0) is 12.8. The van der Waals surface area contributed by atoms with E-state index in [1.807, 2.05) is 18.4 Å². The van der Waals surface area contributed by atoms with E-state index in [0.29, 0.717) is 19.0 Å². The van der Waals surface area contributed by atoms with Crippen molar-refractivity contribution in [1.29, 1.82) is 0 Å². The highest BCUT2D eigenvalue weighted by Crippen LogP contribution is 2.18. The molecular formula is C12H21N3OS. The van der Waals surface area contributed by atoms with Crippen molar-refractivity contribution in [3.63, 3.8) is 0 Å². The highest BCUT2D eigenvalue weighted by molar-refractivity contribution is 7.10. The summed E-state index contributed by atoms with van der Waals surface area (Å²) in [5.74, 6) is 0.507. The summed E-state index contributed by atoms with van der Waals surface area (Å²) in [7, 11) is 0. The van der Waals surface area contributed by atoms with Crippen molar-refractivity contribution in [2.24, 2.45) is 5.92 Å². The molecule has 96 valence electrons. The summed E-state index contributed by atoms with van der Waals surface area (Å²) in [6.45, 7) is 7.36. The number of nitrogen functional groups attached to an aromatic ring is 1. The first-order chi connectivity index (χ1) is 8.00. The number of carbonyl (C=O) groups is 1. The lowest BCUT2D eigenvalue weighted by Crippen LogP contribution is -2.42. The predicted molar refractivity (Wildman–Crippen MR) is 72.9 cm³/mol. The van der Waals surface area contributed by atoms with Gasteiger partial charge in [-0.3, -0.25) is 4.79 Å². The SMILES string of the molecule is CC(C)CNC(=O)C(C)NCc1sccc1N. The Bertz CT molecular complexity index is 362. The minimum absolute atomic E-state index is 0.0360. The molecule has 4 nitrogen and oxygen atoms in total. The summed E-state index contributed by atoms with van der Waals surface area (Å²) < 4.78 is 0. The first kappa shape index (κ1) is 14.0. The van der Waals surface area contributed by atoms with Crippen LogP contribution in [0.2, 0.25) is 0 Å². The number of carbonyl (C=O) groups excluding carboxylic acids is 1. The van der Waals surface area contributed by atoms with Crippen molar-refractivity contribution >= 4 is 22.9 Å². The van der Waals surface area contributed by atoms with Gasteiger partial charge in [-0.1, -0.05) is 13.8 Å². The Labute approximate surface area is 107 Å². The van der Waals surface area contributed by atoms with Gasteiger partial charge in [0.25, 0.3) is 0 Å². The second-order valence-corrected chi connectivity index (χ2v) is 5.54. The number of hydrogen-bond acceptors (Lipinski definition) is 4. The van der Waals surface area contributed by atoms with Crippen molar-refractivity contribution in [2.75, 3.05) is 12.3 Å². The Balaban J connectivity index is 2.31. The molecule has 0 aromatic carbocycles. The van der Waals surface area contributed by atoms with Gasteiger partial charge in [-0.25, -0.2) is 0 Å². The summed E-state index contributed by atoms with van der Waals surface area (Å²) in [6, 6.07) is 1.68. The third-order valence-electron chi connectivity index (χ3n) is 2.43. The zero-order valence-corrected chi connectivity index (χ0v) is 11.4. The lowest BCUT2D eigenvalue weighted by Gasteiger charge is -2.14. The lowest BCUT2D eigenvalue weighted by molar-refractivity contribution is -0.122. The van der Waals surface area contributed by atoms with E-state index in [0.717, 1.165) is 10.6 Å². The maximum Gasteiger partial charge on any atom is 0.236 e. The second-order valence-electron chi connectivity index (χ2n) is 4.54. The number of thiophene rings is 1. The lowest BCUT2D eigenvalue weighted by atomic mass is 10.2. The smallest absolute Gasteiger partial charge is 0.236 e. The second kappa shape index (κ2) is 6.61. The van der Waals surface area contributed by atoms with Crippen LogP contribution in [0.3, 0.4) is 0 Å². The molecule has 0 aliphatic heterocycles. The van der Waals surface area contributed by atoms with E-state index in [4.69, 9.17) is 5.73 Å². The molecule has 4 N–H and O–H groups in total. The van der Waals surface area contributed by atoms with Crippen LogP contribution in [0, 0.1) is 5.92 Å².